The van der Waals surface area contributed by atoms with Gasteiger partial charge in [-0.3, -0.25) is 0 Å². The molecular formula is C14H20Cl2N2O2S. The third-order valence-corrected chi connectivity index (χ3v) is 6.12. The van der Waals surface area contributed by atoms with Gasteiger partial charge in [-0.1, -0.05) is 43.0 Å². The molecule has 1 aliphatic carbocycles. The minimum atomic E-state index is -3.58. The van der Waals surface area contributed by atoms with E-state index < -0.39 is 10.0 Å². The van der Waals surface area contributed by atoms with Crippen LogP contribution >= 0.6 is 23.2 Å². The molecule has 0 unspecified atom stereocenters. The standard InChI is InChI=1S/C14H20Cl2N2O2S/c1-2-3-10-4-6-11(7-5-10)18-21(19,20)12-8-13(15)14(16)17-9-12/h8-11,18H,2-7H2,1H3. The number of pyridine rings is 1. The first-order chi connectivity index (χ1) is 9.92. The van der Waals surface area contributed by atoms with Gasteiger partial charge in [0.05, 0.1) is 5.02 Å². The number of hydrogen-bond acceptors (Lipinski definition) is 3. The van der Waals surface area contributed by atoms with Gasteiger partial charge in [0.2, 0.25) is 10.0 Å². The summed E-state index contributed by atoms with van der Waals surface area (Å²) in [4.78, 5) is 3.85. The Morgan fingerprint density at radius 2 is 1.95 bits per heavy atom. The van der Waals surface area contributed by atoms with Crippen molar-refractivity contribution in [3.05, 3.63) is 22.4 Å². The van der Waals surface area contributed by atoms with Crippen molar-refractivity contribution in [2.45, 2.75) is 56.4 Å². The molecule has 1 aliphatic rings. The van der Waals surface area contributed by atoms with Gasteiger partial charge in [-0.25, -0.2) is 18.1 Å². The van der Waals surface area contributed by atoms with Crippen LogP contribution in [0.25, 0.3) is 0 Å². The molecule has 7 heteroatoms. The van der Waals surface area contributed by atoms with Gasteiger partial charge in [-0.2, -0.15) is 0 Å². The Hall–Kier alpha value is -0.360. The molecule has 1 aromatic rings. The van der Waals surface area contributed by atoms with Crippen molar-refractivity contribution in [3.8, 4) is 0 Å². The Morgan fingerprint density at radius 1 is 1.29 bits per heavy atom. The van der Waals surface area contributed by atoms with Crippen LogP contribution in [-0.2, 0) is 10.0 Å². The minimum absolute atomic E-state index is 0.00226. The maximum absolute atomic E-state index is 12.3. The molecule has 2 rings (SSSR count). The quantitative estimate of drug-likeness (QED) is 0.815. The van der Waals surface area contributed by atoms with Gasteiger partial charge < -0.3 is 0 Å². The maximum atomic E-state index is 12.3. The highest BCUT2D eigenvalue weighted by atomic mass is 35.5. The van der Waals surface area contributed by atoms with Crippen LogP contribution in [0.1, 0.15) is 45.4 Å². The van der Waals surface area contributed by atoms with Gasteiger partial charge in [0, 0.05) is 12.2 Å². The van der Waals surface area contributed by atoms with Crippen molar-refractivity contribution >= 4 is 33.2 Å². The highest BCUT2D eigenvalue weighted by Gasteiger charge is 2.25. The Labute approximate surface area is 136 Å². The Morgan fingerprint density at radius 3 is 2.52 bits per heavy atom. The smallest absolute Gasteiger partial charge is 0.242 e. The molecule has 1 aromatic heterocycles. The van der Waals surface area contributed by atoms with Gasteiger partial charge >= 0.3 is 0 Å². The van der Waals surface area contributed by atoms with Gasteiger partial charge in [0.1, 0.15) is 10.0 Å². The Balaban J connectivity index is 2.00. The molecule has 118 valence electrons. The predicted octanol–water partition coefficient (Wildman–Crippen LogP) is 4.03. The van der Waals surface area contributed by atoms with E-state index in [0.717, 1.165) is 31.6 Å². The fourth-order valence-electron chi connectivity index (χ4n) is 2.82. The molecule has 0 atom stereocenters. The van der Waals surface area contributed by atoms with Crippen molar-refractivity contribution < 1.29 is 8.42 Å². The highest BCUT2D eigenvalue weighted by molar-refractivity contribution is 7.89. The van der Waals surface area contributed by atoms with Crippen molar-refractivity contribution in [1.82, 2.24) is 9.71 Å². The molecule has 0 amide bonds. The number of halogens is 2. The lowest BCUT2D eigenvalue weighted by molar-refractivity contribution is 0.297. The number of hydrogen-bond donors (Lipinski definition) is 1. The summed E-state index contributed by atoms with van der Waals surface area (Å²) in [5.74, 6) is 0.738. The first-order valence-electron chi connectivity index (χ1n) is 7.25. The number of nitrogens with zero attached hydrogens (tertiary/aromatic N) is 1. The third-order valence-electron chi connectivity index (χ3n) is 3.95. The molecule has 4 nitrogen and oxygen atoms in total. The minimum Gasteiger partial charge on any atom is -0.242 e. The molecule has 0 saturated heterocycles. The molecule has 0 bridgehead atoms. The summed E-state index contributed by atoms with van der Waals surface area (Å²) in [6.07, 6.45) is 7.60. The first kappa shape index (κ1) is 17.0. The lowest BCUT2D eigenvalue weighted by atomic mass is 9.84. The van der Waals surface area contributed by atoms with E-state index in [9.17, 15) is 8.42 Å². The first-order valence-corrected chi connectivity index (χ1v) is 9.49. The molecule has 21 heavy (non-hydrogen) atoms. The third kappa shape index (κ3) is 4.55. The summed E-state index contributed by atoms with van der Waals surface area (Å²) in [7, 11) is -3.58. The topological polar surface area (TPSA) is 59.1 Å². The zero-order chi connectivity index (χ0) is 15.5. The Bertz CT molecular complexity index is 585. The summed E-state index contributed by atoms with van der Waals surface area (Å²) in [5, 5.41) is 0.252. The maximum Gasteiger partial charge on any atom is 0.242 e. The SMILES string of the molecule is CCCC1CCC(NS(=O)(=O)c2cnc(Cl)c(Cl)c2)CC1. The molecule has 1 fully saturated rings. The van der Waals surface area contributed by atoms with Gasteiger partial charge in [-0.05, 0) is 37.7 Å². The second kappa shape index (κ2) is 7.27. The van der Waals surface area contributed by atoms with Crippen LogP contribution in [0, 0.1) is 5.92 Å². The van der Waals surface area contributed by atoms with Crippen LogP contribution in [0.3, 0.4) is 0 Å². The molecule has 0 aliphatic heterocycles. The van der Waals surface area contributed by atoms with Crippen molar-refractivity contribution in [2.75, 3.05) is 0 Å². The van der Waals surface area contributed by atoms with Crippen LogP contribution in [0.4, 0.5) is 0 Å². The van der Waals surface area contributed by atoms with Gasteiger partial charge in [-0.15, -0.1) is 0 Å². The lowest BCUT2D eigenvalue weighted by Gasteiger charge is -2.28. The van der Waals surface area contributed by atoms with Crippen LogP contribution in [0.15, 0.2) is 17.2 Å². The second-order valence-electron chi connectivity index (χ2n) is 5.57. The highest BCUT2D eigenvalue weighted by Crippen LogP contribution is 2.29. The number of aromatic nitrogens is 1. The molecule has 1 saturated carbocycles. The van der Waals surface area contributed by atoms with E-state index in [4.69, 9.17) is 23.2 Å². The average molecular weight is 351 g/mol. The number of nitrogens with one attached hydrogen (secondary N) is 1. The molecule has 0 aromatic carbocycles. The van der Waals surface area contributed by atoms with E-state index in [1.807, 2.05) is 0 Å². The average Bonchev–Trinajstić information content (AvgIpc) is 2.44. The van der Waals surface area contributed by atoms with E-state index in [2.05, 4.69) is 16.6 Å². The monoisotopic (exact) mass is 350 g/mol. The van der Waals surface area contributed by atoms with E-state index in [-0.39, 0.29) is 21.1 Å². The molecule has 1 heterocycles. The second-order valence-corrected chi connectivity index (χ2v) is 8.05. The predicted molar refractivity (Wildman–Crippen MR) is 85.2 cm³/mol. The van der Waals surface area contributed by atoms with Crippen LogP contribution in [0.5, 0.6) is 0 Å². The Kier molecular flexibility index (Phi) is 5.88. The van der Waals surface area contributed by atoms with Crippen LogP contribution in [-0.4, -0.2) is 19.4 Å². The normalized spacial score (nSPS) is 23.2. The van der Waals surface area contributed by atoms with E-state index >= 15 is 0 Å². The zero-order valence-electron chi connectivity index (χ0n) is 12.0. The van der Waals surface area contributed by atoms with Crippen LogP contribution < -0.4 is 4.72 Å². The summed E-state index contributed by atoms with van der Waals surface area (Å²) >= 11 is 11.5. The molecule has 0 spiro atoms. The zero-order valence-corrected chi connectivity index (χ0v) is 14.3. The molecule has 1 N–H and O–H groups in total. The fourth-order valence-corrected chi connectivity index (χ4v) is 4.42. The van der Waals surface area contributed by atoms with Crippen molar-refractivity contribution in [3.63, 3.8) is 0 Å². The summed E-state index contributed by atoms with van der Waals surface area (Å²) in [5.41, 5.74) is 0. The van der Waals surface area contributed by atoms with Crippen LogP contribution in [0.2, 0.25) is 10.2 Å². The molecule has 0 radical (unpaired) electrons. The summed E-state index contributed by atoms with van der Waals surface area (Å²) in [6.45, 7) is 2.19. The lowest BCUT2D eigenvalue weighted by Crippen LogP contribution is -2.37. The summed E-state index contributed by atoms with van der Waals surface area (Å²) in [6, 6.07) is 1.33. The number of rotatable bonds is 5. The van der Waals surface area contributed by atoms with Gasteiger partial charge in [0.15, 0.2) is 0 Å². The molecular weight excluding hydrogens is 331 g/mol. The van der Waals surface area contributed by atoms with E-state index in [0.29, 0.717) is 0 Å². The number of sulfonamides is 1. The van der Waals surface area contributed by atoms with Gasteiger partial charge in [0.25, 0.3) is 0 Å². The largest absolute Gasteiger partial charge is 0.242 e. The van der Waals surface area contributed by atoms with Crippen molar-refractivity contribution in [1.29, 1.82) is 0 Å². The summed E-state index contributed by atoms with van der Waals surface area (Å²) < 4.78 is 27.4. The van der Waals surface area contributed by atoms with E-state index in [1.165, 1.54) is 25.1 Å². The van der Waals surface area contributed by atoms with Crippen molar-refractivity contribution in [2.24, 2.45) is 5.92 Å². The fraction of sp³-hybridized carbons (Fsp3) is 0.643. The van der Waals surface area contributed by atoms with E-state index in [1.54, 1.807) is 0 Å².